The van der Waals surface area contributed by atoms with Crippen LogP contribution in [0.2, 0.25) is 0 Å². The summed E-state index contributed by atoms with van der Waals surface area (Å²) in [7, 11) is 1.56. The van der Waals surface area contributed by atoms with Gasteiger partial charge >= 0.3 is 0 Å². The van der Waals surface area contributed by atoms with E-state index in [1.54, 1.807) is 14.0 Å². The second kappa shape index (κ2) is 6.42. The van der Waals surface area contributed by atoms with E-state index in [1.165, 1.54) is 0 Å². The van der Waals surface area contributed by atoms with E-state index in [2.05, 4.69) is 16.0 Å². The van der Waals surface area contributed by atoms with Gasteiger partial charge in [0.15, 0.2) is 0 Å². The average molecular weight is 187 g/mol. The number of likely N-dealkylation sites (N-methyl/N-ethyl adjacent to an activating group) is 2. The van der Waals surface area contributed by atoms with E-state index in [0.717, 1.165) is 0 Å². The Morgan fingerprint density at radius 3 is 2.46 bits per heavy atom. The molecule has 1 unspecified atom stereocenters. The van der Waals surface area contributed by atoms with Crippen molar-refractivity contribution in [1.29, 1.82) is 0 Å². The standard InChI is InChI=1S/C8H17N3O2/c1-4-10-7(12)5-11-6(2)8(13)9-3/h6,11H,4-5H2,1-3H3,(H,9,13)(H,10,12). The van der Waals surface area contributed by atoms with Crippen LogP contribution in [-0.4, -0.2) is 38.0 Å². The summed E-state index contributed by atoms with van der Waals surface area (Å²) >= 11 is 0. The molecule has 1 atom stereocenters. The van der Waals surface area contributed by atoms with E-state index in [9.17, 15) is 9.59 Å². The smallest absolute Gasteiger partial charge is 0.236 e. The molecule has 0 bridgehead atoms. The molecular formula is C8H17N3O2. The molecule has 0 fully saturated rings. The SMILES string of the molecule is CCNC(=O)CNC(C)C(=O)NC. The van der Waals surface area contributed by atoms with Crippen molar-refractivity contribution in [3.8, 4) is 0 Å². The molecule has 0 spiro atoms. The maximum atomic E-state index is 11.0. The number of carbonyl (C=O) groups is 2. The summed E-state index contributed by atoms with van der Waals surface area (Å²) in [6.07, 6.45) is 0. The molecule has 0 radical (unpaired) electrons. The maximum absolute atomic E-state index is 11.0. The highest BCUT2D eigenvalue weighted by Gasteiger charge is 2.10. The molecule has 0 aromatic carbocycles. The minimum atomic E-state index is -0.340. The third-order valence-corrected chi connectivity index (χ3v) is 1.58. The van der Waals surface area contributed by atoms with E-state index in [0.29, 0.717) is 6.54 Å². The Balaban J connectivity index is 3.63. The van der Waals surface area contributed by atoms with Crippen molar-refractivity contribution >= 4 is 11.8 Å². The lowest BCUT2D eigenvalue weighted by Gasteiger charge is -2.11. The highest BCUT2D eigenvalue weighted by Crippen LogP contribution is 1.79. The van der Waals surface area contributed by atoms with Gasteiger partial charge < -0.3 is 10.6 Å². The second-order valence-electron chi connectivity index (χ2n) is 2.67. The minimum absolute atomic E-state index is 0.0988. The van der Waals surface area contributed by atoms with Gasteiger partial charge in [0.05, 0.1) is 12.6 Å². The molecule has 0 rings (SSSR count). The summed E-state index contributed by atoms with van der Waals surface area (Å²) < 4.78 is 0. The number of amides is 2. The Morgan fingerprint density at radius 2 is 2.00 bits per heavy atom. The zero-order valence-electron chi connectivity index (χ0n) is 8.31. The molecule has 0 heterocycles. The Hall–Kier alpha value is -1.10. The van der Waals surface area contributed by atoms with Gasteiger partial charge in [-0.2, -0.15) is 0 Å². The van der Waals surface area contributed by atoms with Crippen molar-refractivity contribution in [1.82, 2.24) is 16.0 Å². The van der Waals surface area contributed by atoms with Crippen LogP contribution in [0.25, 0.3) is 0 Å². The van der Waals surface area contributed by atoms with E-state index in [4.69, 9.17) is 0 Å². The van der Waals surface area contributed by atoms with Gasteiger partial charge in [-0.3, -0.25) is 14.9 Å². The predicted octanol–water partition coefficient (Wildman–Crippen LogP) is -1.15. The van der Waals surface area contributed by atoms with E-state index >= 15 is 0 Å². The molecule has 0 saturated carbocycles. The summed E-state index contributed by atoms with van der Waals surface area (Å²) in [4.78, 5) is 21.9. The van der Waals surface area contributed by atoms with Crippen LogP contribution in [0.4, 0.5) is 0 Å². The average Bonchev–Trinajstić information content (AvgIpc) is 2.13. The van der Waals surface area contributed by atoms with Crippen LogP contribution < -0.4 is 16.0 Å². The fourth-order valence-electron chi connectivity index (χ4n) is 0.815. The first-order chi connectivity index (χ1) is 6.11. The number of hydrogen-bond acceptors (Lipinski definition) is 3. The Morgan fingerprint density at radius 1 is 1.38 bits per heavy atom. The topological polar surface area (TPSA) is 70.2 Å². The van der Waals surface area contributed by atoms with Gasteiger partial charge in [0.25, 0.3) is 0 Å². The van der Waals surface area contributed by atoms with Crippen LogP contribution in [0.15, 0.2) is 0 Å². The van der Waals surface area contributed by atoms with Gasteiger partial charge in [-0.05, 0) is 13.8 Å². The van der Waals surface area contributed by atoms with Gasteiger partial charge in [-0.15, -0.1) is 0 Å². The van der Waals surface area contributed by atoms with Crippen molar-refractivity contribution in [3.63, 3.8) is 0 Å². The molecule has 0 aromatic rings. The molecule has 5 heteroatoms. The van der Waals surface area contributed by atoms with Crippen LogP contribution in [0.3, 0.4) is 0 Å². The van der Waals surface area contributed by atoms with Gasteiger partial charge in [0, 0.05) is 13.6 Å². The molecule has 13 heavy (non-hydrogen) atoms. The summed E-state index contributed by atoms with van der Waals surface area (Å²) in [5.41, 5.74) is 0. The molecule has 0 aliphatic carbocycles. The molecule has 0 saturated heterocycles. The number of hydrogen-bond donors (Lipinski definition) is 3. The van der Waals surface area contributed by atoms with Crippen molar-refractivity contribution in [2.45, 2.75) is 19.9 Å². The predicted molar refractivity (Wildman–Crippen MR) is 50.2 cm³/mol. The third kappa shape index (κ3) is 5.19. The van der Waals surface area contributed by atoms with Crippen LogP contribution in [0.1, 0.15) is 13.8 Å². The van der Waals surface area contributed by atoms with Crippen molar-refractivity contribution in [2.24, 2.45) is 0 Å². The first-order valence-electron chi connectivity index (χ1n) is 4.33. The monoisotopic (exact) mass is 187 g/mol. The zero-order valence-corrected chi connectivity index (χ0v) is 8.31. The summed E-state index contributed by atoms with van der Waals surface area (Å²) in [5, 5.41) is 7.91. The zero-order chi connectivity index (χ0) is 10.3. The highest BCUT2D eigenvalue weighted by atomic mass is 16.2. The Bertz CT molecular complexity index is 182. The largest absolute Gasteiger partial charge is 0.358 e. The van der Waals surface area contributed by atoms with Crippen molar-refractivity contribution in [2.75, 3.05) is 20.1 Å². The third-order valence-electron chi connectivity index (χ3n) is 1.58. The van der Waals surface area contributed by atoms with E-state index < -0.39 is 0 Å². The molecule has 76 valence electrons. The lowest BCUT2D eigenvalue weighted by molar-refractivity contribution is -0.123. The first-order valence-corrected chi connectivity index (χ1v) is 4.33. The van der Waals surface area contributed by atoms with Crippen LogP contribution >= 0.6 is 0 Å². The summed E-state index contributed by atoms with van der Waals surface area (Å²) in [6, 6.07) is -0.340. The van der Waals surface area contributed by atoms with E-state index in [1.807, 2.05) is 6.92 Å². The van der Waals surface area contributed by atoms with Gasteiger partial charge in [-0.1, -0.05) is 0 Å². The molecule has 0 aromatic heterocycles. The quantitative estimate of drug-likeness (QED) is 0.509. The van der Waals surface area contributed by atoms with Crippen LogP contribution in [-0.2, 0) is 9.59 Å². The second-order valence-corrected chi connectivity index (χ2v) is 2.67. The molecular weight excluding hydrogens is 170 g/mol. The fourth-order valence-corrected chi connectivity index (χ4v) is 0.815. The Kier molecular flexibility index (Phi) is 5.88. The molecule has 5 nitrogen and oxygen atoms in total. The normalized spacial score (nSPS) is 11.9. The number of carbonyl (C=O) groups excluding carboxylic acids is 2. The summed E-state index contributed by atoms with van der Waals surface area (Å²) in [6.45, 7) is 4.33. The molecule has 0 aliphatic rings. The van der Waals surface area contributed by atoms with Crippen molar-refractivity contribution in [3.05, 3.63) is 0 Å². The lowest BCUT2D eigenvalue weighted by atomic mass is 10.3. The minimum Gasteiger partial charge on any atom is -0.358 e. The van der Waals surface area contributed by atoms with Crippen LogP contribution in [0, 0.1) is 0 Å². The highest BCUT2D eigenvalue weighted by molar-refractivity contribution is 5.83. The summed E-state index contributed by atoms with van der Waals surface area (Å²) in [5.74, 6) is -0.220. The lowest BCUT2D eigenvalue weighted by Crippen LogP contribution is -2.45. The maximum Gasteiger partial charge on any atom is 0.236 e. The van der Waals surface area contributed by atoms with E-state index in [-0.39, 0.29) is 24.4 Å². The molecule has 0 aliphatic heterocycles. The number of nitrogens with one attached hydrogen (secondary N) is 3. The van der Waals surface area contributed by atoms with Crippen molar-refractivity contribution < 1.29 is 9.59 Å². The molecule has 3 N–H and O–H groups in total. The Labute approximate surface area is 78.3 Å². The van der Waals surface area contributed by atoms with Gasteiger partial charge in [0.1, 0.15) is 0 Å². The van der Waals surface area contributed by atoms with Gasteiger partial charge in [-0.25, -0.2) is 0 Å². The fraction of sp³-hybridized carbons (Fsp3) is 0.750. The van der Waals surface area contributed by atoms with Crippen LogP contribution in [0.5, 0.6) is 0 Å². The number of rotatable bonds is 5. The van der Waals surface area contributed by atoms with Gasteiger partial charge in [0.2, 0.25) is 11.8 Å². The molecule has 2 amide bonds. The first kappa shape index (κ1) is 11.9.